The third-order valence-electron chi connectivity index (χ3n) is 6.49. The second kappa shape index (κ2) is 7.14. The summed E-state index contributed by atoms with van der Waals surface area (Å²) in [5, 5.41) is 18.0. The van der Waals surface area contributed by atoms with Gasteiger partial charge >= 0.3 is 0 Å². The first-order valence-electron chi connectivity index (χ1n) is 9.86. The van der Waals surface area contributed by atoms with Crippen LogP contribution in [0.4, 0.5) is 0 Å². The topological polar surface area (TPSA) is 53.3 Å². The van der Waals surface area contributed by atoms with E-state index >= 15 is 0 Å². The van der Waals surface area contributed by atoms with E-state index < -0.39 is 0 Å². The van der Waals surface area contributed by atoms with Crippen LogP contribution in [0.25, 0.3) is 0 Å². The molecule has 0 unspecified atom stereocenters. The van der Waals surface area contributed by atoms with Crippen molar-refractivity contribution in [3.8, 4) is 0 Å². The molecule has 0 bridgehead atoms. The highest BCUT2D eigenvalue weighted by molar-refractivity contribution is 5.14. The molecule has 1 atom stereocenters. The zero-order valence-corrected chi connectivity index (χ0v) is 14.9. The molecule has 134 valence electrons. The van der Waals surface area contributed by atoms with Gasteiger partial charge < -0.3 is 15.3 Å². The molecule has 2 aliphatic carbocycles. The fourth-order valence-electron chi connectivity index (χ4n) is 4.96. The molecule has 0 amide bonds. The van der Waals surface area contributed by atoms with Crippen LogP contribution in [-0.2, 0) is 7.05 Å². The highest BCUT2D eigenvalue weighted by Gasteiger charge is 2.37. The molecular formula is C19H32N4O. The molecule has 5 nitrogen and oxygen atoms in total. The van der Waals surface area contributed by atoms with Gasteiger partial charge in [0.05, 0.1) is 12.3 Å². The standard InChI is InChI=1S/C19H32N4O/c1-22-13-15(12-20-22)19(14-10-18(24)11-14)21-16-6-8-23(9-7-16)17-4-2-3-5-17/h12-14,16-19,21,24H,2-11H2,1H3/t14?,18?,19-/m1/s1. The Kier molecular flexibility index (Phi) is 4.93. The molecule has 1 aromatic heterocycles. The largest absolute Gasteiger partial charge is 0.393 e. The maximum atomic E-state index is 9.73. The lowest BCUT2D eigenvalue weighted by molar-refractivity contribution is 0.0190. The molecule has 3 fully saturated rings. The number of aryl methyl sites for hydroxylation is 1. The lowest BCUT2D eigenvalue weighted by Crippen LogP contribution is -2.49. The monoisotopic (exact) mass is 332 g/mol. The maximum Gasteiger partial charge on any atom is 0.0547 e. The molecule has 1 aromatic rings. The van der Waals surface area contributed by atoms with Crippen molar-refractivity contribution in [2.24, 2.45) is 13.0 Å². The first-order valence-corrected chi connectivity index (χ1v) is 9.86. The highest BCUT2D eigenvalue weighted by Crippen LogP contribution is 2.39. The smallest absolute Gasteiger partial charge is 0.0547 e. The number of rotatable bonds is 5. The van der Waals surface area contributed by atoms with Crippen molar-refractivity contribution in [1.82, 2.24) is 20.0 Å². The molecule has 5 heteroatoms. The zero-order chi connectivity index (χ0) is 16.5. The Hall–Kier alpha value is -0.910. The maximum absolute atomic E-state index is 9.73. The van der Waals surface area contributed by atoms with Crippen LogP contribution < -0.4 is 5.32 Å². The van der Waals surface area contributed by atoms with Gasteiger partial charge in [0.25, 0.3) is 0 Å². The van der Waals surface area contributed by atoms with E-state index in [0.29, 0.717) is 18.0 Å². The Labute approximate surface area is 145 Å². The van der Waals surface area contributed by atoms with Gasteiger partial charge in [-0.3, -0.25) is 4.68 Å². The summed E-state index contributed by atoms with van der Waals surface area (Å²) in [6.45, 7) is 2.49. The van der Waals surface area contributed by atoms with Gasteiger partial charge in [0.2, 0.25) is 0 Å². The molecule has 4 rings (SSSR count). The van der Waals surface area contributed by atoms with Crippen molar-refractivity contribution >= 4 is 0 Å². The summed E-state index contributed by atoms with van der Waals surface area (Å²) in [7, 11) is 1.98. The summed E-state index contributed by atoms with van der Waals surface area (Å²) in [5.41, 5.74) is 1.28. The van der Waals surface area contributed by atoms with Crippen LogP contribution in [0, 0.1) is 5.92 Å². The molecule has 0 aromatic carbocycles. The van der Waals surface area contributed by atoms with Gasteiger partial charge in [-0.05, 0) is 57.5 Å². The minimum absolute atomic E-state index is 0.0971. The molecule has 24 heavy (non-hydrogen) atoms. The number of aliphatic hydroxyl groups is 1. The van der Waals surface area contributed by atoms with Crippen LogP contribution in [0.1, 0.15) is 63.0 Å². The Morgan fingerprint density at radius 2 is 1.88 bits per heavy atom. The summed E-state index contributed by atoms with van der Waals surface area (Å²) < 4.78 is 1.89. The molecule has 1 aliphatic heterocycles. The number of nitrogens with one attached hydrogen (secondary N) is 1. The Morgan fingerprint density at radius 1 is 1.17 bits per heavy atom. The van der Waals surface area contributed by atoms with Gasteiger partial charge in [-0.25, -0.2) is 0 Å². The predicted molar refractivity (Wildman–Crippen MR) is 94.7 cm³/mol. The van der Waals surface area contributed by atoms with Crippen LogP contribution in [0.5, 0.6) is 0 Å². The van der Waals surface area contributed by atoms with E-state index in [0.717, 1.165) is 18.9 Å². The lowest BCUT2D eigenvalue weighted by atomic mass is 9.75. The fourth-order valence-corrected chi connectivity index (χ4v) is 4.96. The molecular weight excluding hydrogens is 300 g/mol. The molecule has 1 saturated heterocycles. The van der Waals surface area contributed by atoms with Crippen molar-refractivity contribution in [3.63, 3.8) is 0 Å². The minimum atomic E-state index is -0.0971. The van der Waals surface area contributed by atoms with Crippen LogP contribution >= 0.6 is 0 Å². The summed E-state index contributed by atoms with van der Waals surface area (Å²) in [5.74, 6) is 0.553. The number of aromatic nitrogens is 2. The third-order valence-corrected chi connectivity index (χ3v) is 6.49. The normalized spacial score (nSPS) is 31.2. The predicted octanol–water partition coefficient (Wildman–Crippen LogP) is 2.23. The molecule has 2 heterocycles. The number of aliphatic hydroxyl groups excluding tert-OH is 1. The highest BCUT2D eigenvalue weighted by atomic mass is 16.3. The quantitative estimate of drug-likeness (QED) is 0.868. The molecule has 2 N–H and O–H groups in total. The number of likely N-dealkylation sites (tertiary alicyclic amines) is 1. The average Bonchev–Trinajstić information content (AvgIpc) is 3.22. The number of hydrogen-bond donors (Lipinski definition) is 2. The first-order chi connectivity index (χ1) is 11.7. The van der Waals surface area contributed by atoms with Crippen molar-refractivity contribution in [3.05, 3.63) is 18.0 Å². The SMILES string of the molecule is Cn1cc([C@H](NC2CCN(C3CCCC3)CC2)C2CC(O)C2)cn1. The number of nitrogens with zero attached hydrogens (tertiary/aromatic N) is 3. The zero-order valence-electron chi connectivity index (χ0n) is 14.9. The minimum Gasteiger partial charge on any atom is -0.393 e. The summed E-state index contributed by atoms with van der Waals surface area (Å²) in [6.07, 6.45) is 14.1. The van der Waals surface area contributed by atoms with Crippen molar-refractivity contribution in [2.75, 3.05) is 13.1 Å². The first kappa shape index (κ1) is 16.6. The number of hydrogen-bond acceptors (Lipinski definition) is 4. The van der Waals surface area contributed by atoms with E-state index in [9.17, 15) is 5.11 Å². The van der Waals surface area contributed by atoms with E-state index in [1.54, 1.807) is 0 Å². The van der Waals surface area contributed by atoms with Gasteiger partial charge in [-0.15, -0.1) is 0 Å². The van der Waals surface area contributed by atoms with E-state index in [1.807, 2.05) is 17.9 Å². The van der Waals surface area contributed by atoms with E-state index in [1.165, 1.54) is 57.2 Å². The van der Waals surface area contributed by atoms with Crippen LogP contribution in [0.3, 0.4) is 0 Å². The van der Waals surface area contributed by atoms with E-state index in [2.05, 4.69) is 21.5 Å². The average molecular weight is 332 g/mol. The Morgan fingerprint density at radius 3 is 2.46 bits per heavy atom. The molecule has 0 spiro atoms. The summed E-state index contributed by atoms with van der Waals surface area (Å²) in [6, 6.07) is 1.82. The lowest BCUT2D eigenvalue weighted by Gasteiger charge is -2.42. The second-order valence-electron chi connectivity index (χ2n) is 8.23. The van der Waals surface area contributed by atoms with Gasteiger partial charge in [-0.1, -0.05) is 12.8 Å². The van der Waals surface area contributed by atoms with Gasteiger partial charge in [0.15, 0.2) is 0 Å². The van der Waals surface area contributed by atoms with Gasteiger partial charge in [-0.2, -0.15) is 5.10 Å². The van der Waals surface area contributed by atoms with Crippen molar-refractivity contribution in [2.45, 2.75) is 75.6 Å². The molecule has 0 radical (unpaired) electrons. The van der Waals surface area contributed by atoms with E-state index in [4.69, 9.17) is 0 Å². The van der Waals surface area contributed by atoms with Crippen LogP contribution in [-0.4, -0.2) is 51.1 Å². The Bertz CT molecular complexity index is 525. The second-order valence-corrected chi connectivity index (χ2v) is 8.23. The summed E-state index contributed by atoms with van der Waals surface area (Å²) in [4.78, 5) is 2.73. The molecule has 3 aliphatic rings. The van der Waals surface area contributed by atoms with Crippen LogP contribution in [0.15, 0.2) is 12.4 Å². The van der Waals surface area contributed by atoms with Crippen molar-refractivity contribution < 1.29 is 5.11 Å². The fraction of sp³-hybridized carbons (Fsp3) is 0.842. The van der Waals surface area contributed by atoms with Gasteiger partial charge in [0, 0.05) is 36.9 Å². The van der Waals surface area contributed by atoms with Crippen molar-refractivity contribution in [1.29, 1.82) is 0 Å². The number of piperidine rings is 1. The Balaban J connectivity index is 1.35. The van der Waals surface area contributed by atoms with E-state index in [-0.39, 0.29) is 6.10 Å². The van der Waals surface area contributed by atoms with Gasteiger partial charge in [0.1, 0.15) is 0 Å². The van der Waals surface area contributed by atoms with Crippen LogP contribution in [0.2, 0.25) is 0 Å². The third kappa shape index (κ3) is 3.53. The summed E-state index contributed by atoms with van der Waals surface area (Å²) >= 11 is 0. The molecule has 2 saturated carbocycles.